The molecule has 1 aliphatic rings. The smallest absolute Gasteiger partial charge is 0.416 e. The van der Waals surface area contributed by atoms with Gasteiger partial charge in [0.25, 0.3) is 0 Å². The number of nitrogens with zero attached hydrogens (tertiary/aromatic N) is 2. The molecule has 2 rings (SSSR count). The van der Waals surface area contributed by atoms with Crippen LogP contribution in [0.2, 0.25) is 0 Å². The number of hydrogen-bond donors (Lipinski definition) is 1. The Balaban J connectivity index is 2.18. The number of hydrazone groups is 1. The van der Waals surface area contributed by atoms with Crippen LogP contribution in [0.1, 0.15) is 25.3 Å². The molecule has 0 amide bonds. The average molecular weight is 329 g/mol. The lowest BCUT2D eigenvalue weighted by molar-refractivity contribution is -0.137. The molecular formula is C15H18F3N3O2. The molecule has 1 aliphatic heterocycles. The highest BCUT2D eigenvalue weighted by Gasteiger charge is 2.30. The highest BCUT2D eigenvalue weighted by Crippen LogP contribution is 2.30. The molecule has 23 heavy (non-hydrogen) atoms. The van der Waals surface area contributed by atoms with Crippen molar-refractivity contribution in [3.8, 4) is 0 Å². The molecule has 126 valence electrons. The molecule has 1 saturated heterocycles. The van der Waals surface area contributed by atoms with Gasteiger partial charge in [-0.25, -0.2) is 4.79 Å². The maximum absolute atomic E-state index is 12.7. The largest absolute Gasteiger partial charge is 0.460 e. The van der Waals surface area contributed by atoms with Crippen molar-refractivity contribution in [2.75, 3.05) is 25.1 Å². The van der Waals surface area contributed by atoms with E-state index in [4.69, 9.17) is 4.74 Å². The van der Waals surface area contributed by atoms with E-state index < -0.39 is 17.7 Å². The van der Waals surface area contributed by atoms with Crippen LogP contribution in [-0.2, 0) is 15.7 Å². The third kappa shape index (κ3) is 4.61. The number of hydrogen-bond acceptors (Lipinski definition) is 4. The molecule has 1 aromatic carbocycles. The Labute approximate surface area is 132 Å². The average Bonchev–Trinajstić information content (AvgIpc) is 3.01. The zero-order chi connectivity index (χ0) is 16.9. The van der Waals surface area contributed by atoms with Crippen molar-refractivity contribution < 1.29 is 22.7 Å². The molecule has 0 spiro atoms. The fourth-order valence-electron chi connectivity index (χ4n) is 2.25. The summed E-state index contributed by atoms with van der Waals surface area (Å²) in [5, 5.41) is 3.97. The molecule has 1 aromatic rings. The summed E-state index contributed by atoms with van der Waals surface area (Å²) in [4.78, 5) is 13.7. The van der Waals surface area contributed by atoms with Gasteiger partial charge in [0.2, 0.25) is 5.84 Å². The number of carbonyl (C=O) groups is 1. The zero-order valence-electron chi connectivity index (χ0n) is 12.7. The quantitative estimate of drug-likeness (QED) is 0.401. The van der Waals surface area contributed by atoms with Gasteiger partial charge < -0.3 is 9.64 Å². The number of halogens is 3. The van der Waals surface area contributed by atoms with E-state index in [2.05, 4.69) is 10.5 Å². The number of benzene rings is 1. The van der Waals surface area contributed by atoms with Crippen molar-refractivity contribution in [1.82, 2.24) is 4.90 Å². The third-order valence-corrected chi connectivity index (χ3v) is 3.34. The number of esters is 1. The summed E-state index contributed by atoms with van der Waals surface area (Å²) >= 11 is 0. The maximum atomic E-state index is 12.7. The van der Waals surface area contributed by atoms with Crippen LogP contribution in [0, 0.1) is 0 Å². The number of likely N-dealkylation sites (tertiary alicyclic amines) is 1. The van der Waals surface area contributed by atoms with Gasteiger partial charge in [-0.3, -0.25) is 5.43 Å². The van der Waals surface area contributed by atoms with Crippen molar-refractivity contribution in [3.63, 3.8) is 0 Å². The Kier molecular flexibility index (Phi) is 5.46. The lowest BCUT2D eigenvalue weighted by Crippen LogP contribution is -2.36. The SMILES string of the molecule is CCOC(=O)C(=NNc1cccc(C(F)(F)F)c1)N1CCCC1. The first-order valence-corrected chi connectivity index (χ1v) is 7.35. The predicted octanol–water partition coefficient (Wildman–Crippen LogP) is 3.09. The molecule has 8 heteroatoms. The molecule has 0 atom stereocenters. The Morgan fingerprint density at radius 2 is 2.04 bits per heavy atom. The van der Waals surface area contributed by atoms with Gasteiger partial charge in [-0.15, -0.1) is 5.10 Å². The van der Waals surface area contributed by atoms with E-state index in [-0.39, 0.29) is 18.1 Å². The Morgan fingerprint density at radius 1 is 1.35 bits per heavy atom. The predicted molar refractivity (Wildman–Crippen MR) is 79.9 cm³/mol. The summed E-state index contributed by atoms with van der Waals surface area (Å²) in [6.07, 6.45) is -2.57. The van der Waals surface area contributed by atoms with Gasteiger partial charge in [0, 0.05) is 13.1 Å². The van der Waals surface area contributed by atoms with E-state index in [0.29, 0.717) is 13.1 Å². The minimum absolute atomic E-state index is 0.0850. The van der Waals surface area contributed by atoms with E-state index in [0.717, 1.165) is 25.0 Å². The second-order valence-corrected chi connectivity index (χ2v) is 5.04. The van der Waals surface area contributed by atoms with Crippen LogP contribution in [0.4, 0.5) is 18.9 Å². The van der Waals surface area contributed by atoms with E-state index in [1.807, 2.05) is 0 Å². The highest BCUT2D eigenvalue weighted by atomic mass is 19.4. The van der Waals surface area contributed by atoms with Crippen LogP contribution in [0.5, 0.6) is 0 Å². The van der Waals surface area contributed by atoms with Crippen molar-refractivity contribution in [2.45, 2.75) is 25.9 Å². The van der Waals surface area contributed by atoms with Gasteiger partial charge >= 0.3 is 12.1 Å². The summed E-state index contributed by atoms with van der Waals surface area (Å²) in [7, 11) is 0. The fourth-order valence-corrected chi connectivity index (χ4v) is 2.25. The standard InChI is InChI=1S/C15H18F3N3O2/c1-2-23-14(22)13(21-8-3-4-9-21)20-19-12-7-5-6-11(10-12)15(16,17)18/h5-7,10,19H,2-4,8-9H2,1H3. The van der Waals surface area contributed by atoms with Gasteiger partial charge in [0.15, 0.2) is 0 Å². The lowest BCUT2D eigenvalue weighted by Gasteiger charge is -2.18. The van der Waals surface area contributed by atoms with Gasteiger partial charge in [-0.05, 0) is 38.0 Å². The van der Waals surface area contributed by atoms with Crippen LogP contribution in [0.15, 0.2) is 29.4 Å². The molecule has 0 saturated carbocycles. The van der Waals surface area contributed by atoms with Crippen molar-refractivity contribution in [2.24, 2.45) is 5.10 Å². The summed E-state index contributed by atoms with van der Waals surface area (Å²) in [5.74, 6) is -0.504. The fraction of sp³-hybridized carbons (Fsp3) is 0.467. The zero-order valence-corrected chi connectivity index (χ0v) is 12.7. The molecule has 1 heterocycles. The third-order valence-electron chi connectivity index (χ3n) is 3.34. The normalized spacial score (nSPS) is 15.7. The number of nitrogens with one attached hydrogen (secondary N) is 1. The number of anilines is 1. The second kappa shape index (κ2) is 7.34. The first-order valence-electron chi connectivity index (χ1n) is 7.35. The Hall–Kier alpha value is -2.25. The highest BCUT2D eigenvalue weighted by molar-refractivity contribution is 6.35. The second-order valence-electron chi connectivity index (χ2n) is 5.04. The molecule has 0 radical (unpaired) electrons. The number of alkyl halides is 3. The number of rotatable bonds is 3. The van der Waals surface area contributed by atoms with Crippen molar-refractivity contribution in [1.29, 1.82) is 0 Å². The molecule has 1 fully saturated rings. The van der Waals surface area contributed by atoms with E-state index >= 15 is 0 Å². The molecule has 0 bridgehead atoms. The first-order chi connectivity index (χ1) is 10.9. The molecule has 1 N–H and O–H groups in total. The lowest BCUT2D eigenvalue weighted by atomic mass is 10.2. The van der Waals surface area contributed by atoms with E-state index in [1.165, 1.54) is 12.1 Å². The Morgan fingerprint density at radius 3 is 2.65 bits per heavy atom. The maximum Gasteiger partial charge on any atom is 0.416 e. The number of ether oxygens (including phenoxy) is 1. The molecule has 5 nitrogen and oxygen atoms in total. The van der Waals surface area contributed by atoms with Crippen LogP contribution >= 0.6 is 0 Å². The van der Waals surface area contributed by atoms with Crippen LogP contribution in [0.25, 0.3) is 0 Å². The summed E-state index contributed by atoms with van der Waals surface area (Å²) < 4.78 is 43.0. The molecule has 0 aromatic heterocycles. The monoisotopic (exact) mass is 329 g/mol. The minimum Gasteiger partial charge on any atom is -0.460 e. The first kappa shape index (κ1) is 17.1. The van der Waals surface area contributed by atoms with Crippen LogP contribution < -0.4 is 5.43 Å². The summed E-state index contributed by atoms with van der Waals surface area (Å²) in [6.45, 7) is 3.22. The Bertz CT molecular complexity index is 582. The van der Waals surface area contributed by atoms with Crippen molar-refractivity contribution in [3.05, 3.63) is 29.8 Å². The van der Waals surface area contributed by atoms with Crippen LogP contribution in [-0.4, -0.2) is 36.4 Å². The topological polar surface area (TPSA) is 53.9 Å². The molecule has 0 aliphatic carbocycles. The van der Waals surface area contributed by atoms with Crippen molar-refractivity contribution >= 4 is 17.5 Å². The number of amidine groups is 1. The molecule has 0 unspecified atom stereocenters. The van der Waals surface area contributed by atoms with E-state index in [9.17, 15) is 18.0 Å². The minimum atomic E-state index is -4.43. The van der Waals surface area contributed by atoms with Gasteiger partial charge in [0.05, 0.1) is 17.9 Å². The van der Waals surface area contributed by atoms with Gasteiger partial charge in [-0.1, -0.05) is 6.07 Å². The number of carbonyl (C=O) groups excluding carboxylic acids is 1. The van der Waals surface area contributed by atoms with E-state index in [1.54, 1.807) is 11.8 Å². The molecular weight excluding hydrogens is 311 g/mol. The summed E-state index contributed by atoms with van der Waals surface area (Å²) in [5.41, 5.74) is 1.89. The summed E-state index contributed by atoms with van der Waals surface area (Å²) in [6, 6.07) is 4.64. The van der Waals surface area contributed by atoms with Gasteiger partial charge in [0.1, 0.15) is 0 Å². The van der Waals surface area contributed by atoms with Gasteiger partial charge in [-0.2, -0.15) is 13.2 Å². The van der Waals surface area contributed by atoms with Crippen LogP contribution in [0.3, 0.4) is 0 Å².